The lowest BCUT2D eigenvalue weighted by Gasteiger charge is -2.21. The monoisotopic (exact) mass is 459 g/mol. The van der Waals surface area contributed by atoms with Gasteiger partial charge in [0.1, 0.15) is 0 Å². The topological polar surface area (TPSA) is 79.4 Å². The lowest BCUT2D eigenvalue weighted by molar-refractivity contribution is 0.102. The van der Waals surface area contributed by atoms with Gasteiger partial charge in [0.25, 0.3) is 5.91 Å². The number of sulfonamides is 1. The lowest BCUT2D eigenvalue weighted by atomic mass is 10.1. The summed E-state index contributed by atoms with van der Waals surface area (Å²) in [5.74, 6) is -0.262. The lowest BCUT2D eigenvalue weighted by Crippen LogP contribution is -2.34. The number of benzene rings is 2. The van der Waals surface area contributed by atoms with E-state index in [1.165, 1.54) is 26.8 Å². The fourth-order valence-corrected chi connectivity index (χ4v) is 6.03. The van der Waals surface area contributed by atoms with E-state index in [-0.39, 0.29) is 11.9 Å². The molecule has 0 aliphatic carbocycles. The summed E-state index contributed by atoms with van der Waals surface area (Å²) in [6.45, 7) is 1.86. The third-order valence-corrected chi connectivity index (χ3v) is 7.73. The number of amides is 1. The van der Waals surface area contributed by atoms with Crippen molar-refractivity contribution in [3.8, 4) is 11.3 Å². The zero-order valence-corrected chi connectivity index (χ0v) is 19.2. The van der Waals surface area contributed by atoms with Crippen molar-refractivity contribution in [1.82, 2.24) is 4.98 Å². The number of thiazole rings is 1. The van der Waals surface area contributed by atoms with Crippen molar-refractivity contribution < 1.29 is 13.2 Å². The Hall–Kier alpha value is -2.36. The predicted molar refractivity (Wildman–Crippen MR) is 124 cm³/mol. The molecular formula is C21H21N3O3S3. The van der Waals surface area contributed by atoms with E-state index in [1.54, 1.807) is 30.0 Å². The maximum Gasteiger partial charge on any atom is 0.257 e. The molecule has 9 heteroatoms. The molecule has 6 nitrogen and oxygen atoms in total. The van der Waals surface area contributed by atoms with Gasteiger partial charge in [0.15, 0.2) is 5.13 Å². The van der Waals surface area contributed by atoms with Gasteiger partial charge in [-0.25, -0.2) is 13.4 Å². The normalized spacial score (nSPS) is 15.8. The smallest absolute Gasteiger partial charge is 0.257 e. The van der Waals surface area contributed by atoms with Crippen LogP contribution in [0.15, 0.2) is 52.7 Å². The number of hydrogen-bond acceptors (Lipinski definition) is 6. The van der Waals surface area contributed by atoms with Crippen LogP contribution in [0.25, 0.3) is 11.3 Å². The van der Waals surface area contributed by atoms with Crippen LogP contribution in [0.4, 0.5) is 10.8 Å². The number of fused-ring (bicyclic) bond motifs is 1. The van der Waals surface area contributed by atoms with Crippen LogP contribution in [-0.2, 0) is 16.4 Å². The summed E-state index contributed by atoms with van der Waals surface area (Å²) in [6.07, 6.45) is 3.81. The van der Waals surface area contributed by atoms with Crippen LogP contribution in [0, 0.1) is 0 Å². The van der Waals surface area contributed by atoms with Gasteiger partial charge in [0.05, 0.1) is 17.6 Å². The Morgan fingerprint density at radius 3 is 2.63 bits per heavy atom. The molecule has 1 N–H and O–H groups in total. The highest BCUT2D eigenvalue weighted by molar-refractivity contribution is 7.98. The van der Waals surface area contributed by atoms with Crippen LogP contribution in [0.3, 0.4) is 0 Å². The van der Waals surface area contributed by atoms with Gasteiger partial charge in [0, 0.05) is 27.4 Å². The minimum atomic E-state index is -3.35. The van der Waals surface area contributed by atoms with Crippen molar-refractivity contribution in [2.75, 3.05) is 22.1 Å². The Bertz CT molecular complexity index is 1200. The summed E-state index contributed by atoms with van der Waals surface area (Å²) < 4.78 is 25.5. The highest BCUT2D eigenvalue weighted by atomic mass is 32.2. The number of anilines is 2. The second-order valence-electron chi connectivity index (χ2n) is 7.18. The molecule has 0 saturated carbocycles. The molecule has 1 atom stereocenters. The molecule has 2 heterocycles. The number of thioether (sulfide) groups is 1. The van der Waals surface area contributed by atoms with Gasteiger partial charge in [-0.05, 0) is 55.5 Å². The van der Waals surface area contributed by atoms with Crippen LogP contribution >= 0.6 is 23.1 Å². The van der Waals surface area contributed by atoms with Gasteiger partial charge in [-0.15, -0.1) is 23.1 Å². The van der Waals surface area contributed by atoms with Crippen molar-refractivity contribution in [3.05, 3.63) is 59.0 Å². The van der Waals surface area contributed by atoms with Crippen LogP contribution in [0.2, 0.25) is 0 Å². The van der Waals surface area contributed by atoms with E-state index in [2.05, 4.69) is 10.3 Å². The van der Waals surface area contributed by atoms with E-state index in [4.69, 9.17) is 0 Å². The van der Waals surface area contributed by atoms with E-state index >= 15 is 0 Å². The van der Waals surface area contributed by atoms with Gasteiger partial charge in [0.2, 0.25) is 10.0 Å². The molecule has 1 aliphatic heterocycles. The van der Waals surface area contributed by atoms with Gasteiger partial charge in [-0.1, -0.05) is 12.1 Å². The summed E-state index contributed by atoms with van der Waals surface area (Å²) in [6, 6.07) is 13.1. The molecule has 1 amide bonds. The first-order valence-corrected chi connectivity index (χ1v) is 13.2. The van der Waals surface area contributed by atoms with Gasteiger partial charge in [-0.2, -0.15) is 0 Å². The van der Waals surface area contributed by atoms with E-state index in [0.29, 0.717) is 22.8 Å². The van der Waals surface area contributed by atoms with Crippen LogP contribution < -0.4 is 9.62 Å². The molecular weight excluding hydrogens is 438 g/mol. The molecule has 0 fully saturated rings. The molecule has 0 spiro atoms. The van der Waals surface area contributed by atoms with Crippen molar-refractivity contribution >= 4 is 49.8 Å². The van der Waals surface area contributed by atoms with E-state index < -0.39 is 10.0 Å². The highest BCUT2D eigenvalue weighted by Crippen LogP contribution is 2.35. The summed E-state index contributed by atoms with van der Waals surface area (Å²) >= 11 is 3.05. The van der Waals surface area contributed by atoms with Crippen LogP contribution in [0.1, 0.15) is 22.8 Å². The van der Waals surface area contributed by atoms with Crippen molar-refractivity contribution in [3.63, 3.8) is 0 Å². The summed E-state index contributed by atoms with van der Waals surface area (Å²) in [7, 11) is -3.35. The van der Waals surface area contributed by atoms with Gasteiger partial charge < -0.3 is 0 Å². The molecule has 0 radical (unpaired) electrons. The second kappa shape index (κ2) is 8.05. The van der Waals surface area contributed by atoms with Crippen LogP contribution in [0.5, 0.6) is 0 Å². The minimum Gasteiger partial charge on any atom is -0.298 e. The SMILES string of the molecule is CSc1ccc(-c2csc(NC(=O)c3ccc4c(c3)C[C@H](C)N4S(C)(=O)=O)n2)cc1. The number of carbonyl (C=O) groups excluding carboxylic acids is 1. The minimum absolute atomic E-state index is 0.160. The molecule has 0 bridgehead atoms. The molecule has 30 heavy (non-hydrogen) atoms. The molecule has 1 aliphatic rings. The standard InChI is InChI=1S/C21H21N3O3S3/c1-13-10-16-11-15(6-9-19(16)24(13)30(3,26)27)20(25)23-21-22-18(12-29-21)14-4-7-17(28-2)8-5-14/h4-9,11-13H,10H2,1-3H3,(H,22,23,25)/t13-/m0/s1. The van der Waals surface area contributed by atoms with Gasteiger partial charge in [-0.3, -0.25) is 14.4 Å². The van der Waals surface area contributed by atoms with E-state index in [0.717, 1.165) is 16.8 Å². The van der Waals surface area contributed by atoms with Crippen molar-refractivity contribution in [2.45, 2.75) is 24.3 Å². The maximum atomic E-state index is 12.7. The van der Waals surface area contributed by atoms with Crippen LogP contribution in [-0.4, -0.2) is 37.9 Å². The summed E-state index contributed by atoms with van der Waals surface area (Å²) in [5, 5.41) is 5.29. The quantitative estimate of drug-likeness (QED) is 0.569. The first-order chi connectivity index (χ1) is 14.3. The molecule has 156 valence electrons. The Morgan fingerprint density at radius 2 is 1.97 bits per heavy atom. The number of rotatable bonds is 5. The highest BCUT2D eigenvalue weighted by Gasteiger charge is 2.32. The zero-order valence-electron chi connectivity index (χ0n) is 16.7. The van der Waals surface area contributed by atoms with Crippen molar-refractivity contribution in [2.24, 2.45) is 0 Å². The number of hydrogen-bond donors (Lipinski definition) is 1. The van der Waals surface area contributed by atoms with E-state index in [1.807, 2.05) is 42.8 Å². The molecule has 1 aromatic heterocycles. The third-order valence-electron chi connectivity index (χ3n) is 4.96. The third kappa shape index (κ3) is 4.10. The Kier molecular flexibility index (Phi) is 5.61. The van der Waals surface area contributed by atoms with Gasteiger partial charge >= 0.3 is 0 Å². The summed E-state index contributed by atoms with van der Waals surface area (Å²) in [5.41, 5.74) is 3.80. The number of aromatic nitrogens is 1. The molecule has 2 aromatic carbocycles. The molecule has 0 saturated heterocycles. The number of nitrogens with one attached hydrogen (secondary N) is 1. The fraction of sp³-hybridized carbons (Fsp3) is 0.238. The molecule has 0 unspecified atom stereocenters. The Morgan fingerprint density at radius 1 is 1.23 bits per heavy atom. The first-order valence-electron chi connectivity index (χ1n) is 9.30. The zero-order chi connectivity index (χ0) is 21.5. The number of nitrogens with zero attached hydrogens (tertiary/aromatic N) is 2. The molecule has 3 aromatic rings. The Balaban J connectivity index is 1.51. The predicted octanol–water partition coefficient (Wildman–Crippen LogP) is 4.49. The average molecular weight is 460 g/mol. The Labute approximate surface area is 184 Å². The second-order valence-corrected chi connectivity index (χ2v) is 10.8. The van der Waals surface area contributed by atoms with Crippen molar-refractivity contribution in [1.29, 1.82) is 0 Å². The molecule has 4 rings (SSSR count). The number of carbonyl (C=O) groups is 1. The summed E-state index contributed by atoms with van der Waals surface area (Å²) in [4.78, 5) is 18.4. The van der Waals surface area contributed by atoms with E-state index in [9.17, 15) is 13.2 Å². The maximum absolute atomic E-state index is 12.7. The largest absolute Gasteiger partial charge is 0.298 e. The average Bonchev–Trinajstić information content (AvgIpc) is 3.30. The fourth-order valence-electron chi connectivity index (χ4n) is 3.64. The first kappa shape index (κ1) is 20.9.